The lowest BCUT2D eigenvalue weighted by atomic mass is 9.98. The van der Waals surface area contributed by atoms with Crippen molar-refractivity contribution in [1.29, 1.82) is 0 Å². The van der Waals surface area contributed by atoms with Gasteiger partial charge in [0.1, 0.15) is 25.3 Å². The first-order chi connectivity index (χ1) is 31.6. The van der Waals surface area contributed by atoms with E-state index >= 15 is 0 Å². The maximum Gasteiger partial charge on any atom is 0.407 e. The van der Waals surface area contributed by atoms with Crippen LogP contribution in [0.3, 0.4) is 0 Å². The second kappa shape index (κ2) is 26.7. The number of alkyl carbamates (subject to hydrolysis) is 2. The van der Waals surface area contributed by atoms with E-state index in [1.807, 2.05) is 84.9 Å². The Labute approximate surface area is 379 Å². The molecular formula is C48H60N6O11. The van der Waals surface area contributed by atoms with Crippen LogP contribution in [0.1, 0.15) is 59.8 Å². The molecule has 2 aliphatic carbocycles. The van der Waals surface area contributed by atoms with E-state index in [0.29, 0.717) is 39.1 Å². The van der Waals surface area contributed by atoms with Crippen molar-refractivity contribution in [3.05, 3.63) is 119 Å². The van der Waals surface area contributed by atoms with Gasteiger partial charge < -0.3 is 56.4 Å². The number of rotatable bonds is 20. The number of fused-ring (bicyclic) bond motifs is 6. The summed E-state index contributed by atoms with van der Waals surface area (Å²) in [6, 6.07) is 29.5. The maximum atomic E-state index is 12.5. The molecular weight excluding hydrogens is 837 g/mol. The Kier molecular flexibility index (Phi) is 20.9. The highest BCUT2D eigenvalue weighted by atomic mass is 16.6. The van der Waals surface area contributed by atoms with Crippen molar-refractivity contribution in [3.63, 3.8) is 0 Å². The molecule has 0 spiro atoms. The van der Waals surface area contributed by atoms with Crippen LogP contribution in [0.15, 0.2) is 97.1 Å². The third kappa shape index (κ3) is 14.6. The number of ether oxygens (including phenoxy) is 4. The summed E-state index contributed by atoms with van der Waals surface area (Å²) in [5.41, 5.74) is 13.3. The summed E-state index contributed by atoms with van der Waals surface area (Å²) in [4.78, 5) is 72.5. The highest BCUT2D eigenvalue weighted by Gasteiger charge is 2.32. The van der Waals surface area contributed by atoms with Crippen LogP contribution in [-0.2, 0) is 38.1 Å². The number of carboxylic acids is 1. The normalized spacial score (nSPS) is 12.7. The summed E-state index contributed by atoms with van der Waals surface area (Å²) < 4.78 is 20.7. The molecule has 0 heterocycles. The highest BCUT2D eigenvalue weighted by molar-refractivity contribution is 5.91. The molecule has 0 bridgehead atoms. The van der Waals surface area contributed by atoms with Crippen molar-refractivity contribution < 1.29 is 52.8 Å². The average Bonchev–Trinajstić information content (AvgIpc) is 3.82. The zero-order valence-corrected chi connectivity index (χ0v) is 37.2. The Morgan fingerprint density at radius 2 is 0.908 bits per heavy atom. The molecule has 0 fully saturated rings. The zero-order chi connectivity index (χ0) is 47.1. The Balaban J connectivity index is 0.000000274. The van der Waals surface area contributed by atoms with Gasteiger partial charge in [-0.1, -0.05) is 97.1 Å². The van der Waals surface area contributed by atoms with E-state index in [-0.39, 0.29) is 43.8 Å². The van der Waals surface area contributed by atoms with Crippen molar-refractivity contribution in [1.82, 2.24) is 26.6 Å². The van der Waals surface area contributed by atoms with E-state index in [1.54, 1.807) is 14.2 Å². The van der Waals surface area contributed by atoms with Crippen molar-refractivity contribution >= 4 is 35.9 Å². The van der Waals surface area contributed by atoms with Crippen LogP contribution >= 0.6 is 0 Å². The quantitative estimate of drug-likeness (QED) is 0.0615. The van der Waals surface area contributed by atoms with Gasteiger partial charge in [0.05, 0.1) is 12.8 Å². The molecule has 8 N–H and O–H groups in total. The van der Waals surface area contributed by atoms with Crippen LogP contribution in [0.25, 0.3) is 22.3 Å². The van der Waals surface area contributed by atoms with Gasteiger partial charge >= 0.3 is 18.2 Å². The number of carbonyl (C=O) groups is 6. The SMILES string of the molecule is CN.CNC(=O)C(CC(=O)NCCCOC)NC(=O)OCC1c2ccccc2-c2ccccc21.COCCCNC(=O)CC(NC(=O)OCC1c2ccccc2-c2ccccc21)C(=O)O. The molecule has 2 aliphatic rings. The number of hydrogen-bond donors (Lipinski definition) is 7. The van der Waals surface area contributed by atoms with E-state index in [9.17, 15) is 33.9 Å². The van der Waals surface area contributed by atoms with Gasteiger partial charge in [-0.15, -0.1) is 0 Å². The predicted octanol–water partition coefficient (Wildman–Crippen LogP) is 4.28. The van der Waals surface area contributed by atoms with E-state index in [0.717, 1.165) is 44.5 Å². The summed E-state index contributed by atoms with van der Waals surface area (Å²) in [5, 5.41) is 21.9. The van der Waals surface area contributed by atoms with Gasteiger partial charge in [-0.05, 0) is 64.4 Å². The first kappa shape index (κ1) is 50.8. The molecule has 0 saturated carbocycles. The summed E-state index contributed by atoms with van der Waals surface area (Å²) in [6.07, 6.45) is -0.912. The fourth-order valence-electron chi connectivity index (χ4n) is 7.55. The maximum absolute atomic E-state index is 12.5. The highest BCUT2D eigenvalue weighted by Crippen LogP contribution is 2.45. The largest absolute Gasteiger partial charge is 0.480 e. The van der Waals surface area contributed by atoms with Crippen LogP contribution in [-0.4, -0.2) is 121 Å². The van der Waals surface area contributed by atoms with E-state index < -0.39 is 42.1 Å². The minimum atomic E-state index is -1.38. The number of carboxylic acid groups (broad SMARTS) is 1. The predicted molar refractivity (Wildman–Crippen MR) is 244 cm³/mol. The second-order valence-electron chi connectivity index (χ2n) is 14.8. The van der Waals surface area contributed by atoms with Crippen molar-refractivity contribution in [2.75, 3.05) is 67.8 Å². The van der Waals surface area contributed by atoms with E-state index in [1.165, 1.54) is 14.1 Å². The van der Waals surface area contributed by atoms with E-state index in [2.05, 4.69) is 44.5 Å². The lowest BCUT2D eigenvalue weighted by Gasteiger charge is -2.19. The van der Waals surface area contributed by atoms with E-state index in [4.69, 9.17) is 18.9 Å². The van der Waals surface area contributed by atoms with Gasteiger partial charge in [-0.2, -0.15) is 0 Å². The molecule has 4 aromatic rings. The van der Waals surface area contributed by atoms with Crippen LogP contribution in [0, 0.1) is 0 Å². The summed E-state index contributed by atoms with van der Waals surface area (Å²) >= 11 is 0. The molecule has 17 heteroatoms. The van der Waals surface area contributed by atoms with Gasteiger partial charge in [-0.3, -0.25) is 14.4 Å². The van der Waals surface area contributed by atoms with Gasteiger partial charge in [0, 0.05) is 59.4 Å². The standard InChI is InChI=1S/C24H29N3O5.C23H26N2O6.CH5N/c1-25-23(29)21(14-22(28)26-12-7-13-31-2)27-24(30)32-15-20-18-10-5-3-8-16(18)17-9-4-6-11-19(17)20;1-30-12-6-11-24-21(26)13-20(22(27)28)25-23(29)31-14-19-17-9-4-2-7-15(17)16-8-3-5-10-18(16)19;1-2/h3-6,8-11,20-21H,7,12-15H2,1-2H3,(H,25,29)(H,26,28)(H,27,30);2-5,7-10,19-20H,6,11-14H2,1H3,(H,24,26)(H,25,29)(H,27,28);2H2,1H3. The molecule has 65 heavy (non-hydrogen) atoms. The molecule has 5 amide bonds. The van der Waals surface area contributed by atoms with Gasteiger partial charge in [0.15, 0.2) is 0 Å². The lowest BCUT2D eigenvalue weighted by molar-refractivity contribution is -0.141. The molecule has 348 valence electrons. The van der Waals surface area contributed by atoms with Crippen LogP contribution in [0.2, 0.25) is 0 Å². The summed E-state index contributed by atoms with van der Waals surface area (Å²) in [6.45, 7) is 2.00. The number of carbonyl (C=O) groups excluding carboxylic acids is 5. The molecule has 6 rings (SSSR count). The van der Waals surface area contributed by atoms with Crippen molar-refractivity contribution in [3.8, 4) is 22.3 Å². The molecule has 0 aromatic heterocycles. The van der Waals surface area contributed by atoms with Crippen LogP contribution < -0.4 is 32.3 Å². The van der Waals surface area contributed by atoms with Crippen LogP contribution in [0.5, 0.6) is 0 Å². The minimum absolute atomic E-state index is 0.0649. The van der Waals surface area contributed by atoms with Gasteiger partial charge in [-0.25, -0.2) is 14.4 Å². The Morgan fingerprint density at radius 1 is 0.569 bits per heavy atom. The molecule has 0 radical (unpaired) electrons. The fraction of sp³-hybridized carbons (Fsp3) is 0.375. The topological polar surface area (TPSA) is 246 Å². The summed E-state index contributed by atoms with van der Waals surface area (Å²) in [5.74, 6) is -2.80. The number of aliphatic carboxylic acids is 1. The average molecular weight is 897 g/mol. The molecule has 0 saturated heterocycles. The van der Waals surface area contributed by atoms with Crippen molar-refractivity contribution in [2.24, 2.45) is 5.73 Å². The first-order valence-corrected chi connectivity index (χ1v) is 21.3. The Hall–Kier alpha value is -6.82. The zero-order valence-electron chi connectivity index (χ0n) is 37.2. The second-order valence-corrected chi connectivity index (χ2v) is 14.8. The number of likely N-dealkylation sites (N-methyl/N-ethyl adjacent to an activating group) is 1. The minimum Gasteiger partial charge on any atom is -0.480 e. The molecule has 2 atom stereocenters. The molecule has 0 aliphatic heterocycles. The fourth-order valence-corrected chi connectivity index (χ4v) is 7.55. The monoisotopic (exact) mass is 896 g/mol. The number of nitrogens with one attached hydrogen (secondary N) is 5. The van der Waals surface area contributed by atoms with Crippen LogP contribution in [0.4, 0.5) is 9.59 Å². The van der Waals surface area contributed by atoms with Gasteiger partial charge in [0.2, 0.25) is 17.7 Å². The molecule has 4 aromatic carbocycles. The smallest absolute Gasteiger partial charge is 0.407 e. The molecule has 2 unspecified atom stereocenters. The van der Waals surface area contributed by atoms with Gasteiger partial charge in [0.25, 0.3) is 0 Å². The third-order valence-corrected chi connectivity index (χ3v) is 10.6. The number of benzene rings is 4. The summed E-state index contributed by atoms with van der Waals surface area (Å²) in [7, 11) is 6.09. The Bertz CT molecular complexity index is 2130. The Morgan fingerprint density at radius 3 is 1.25 bits per heavy atom. The van der Waals surface area contributed by atoms with Crippen molar-refractivity contribution in [2.45, 2.75) is 49.6 Å². The number of hydrogen-bond acceptors (Lipinski definition) is 11. The third-order valence-electron chi connectivity index (χ3n) is 10.6. The number of amides is 5. The first-order valence-electron chi connectivity index (χ1n) is 21.3. The number of methoxy groups -OCH3 is 2. The lowest BCUT2D eigenvalue weighted by Crippen LogP contribution is -2.48. The number of nitrogens with two attached hydrogens (primary N) is 1. The molecule has 17 nitrogen and oxygen atoms in total.